The van der Waals surface area contributed by atoms with Crippen LogP contribution in [0, 0.1) is 11.3 Å². The summed E-state index contributed by atoms with van der Waals surface area (Å²) >= 11 is 0. The van der Waals surface area contributed by atoms with Gasteiger partial charge in [-0.2, -0.15) is 9.57 Å². The minimum absolute atomic E-state index is 0.154. The number of carbonyl (C=O) groups is 1. The molecule has 1 aromatic carbocycles. The number of sulfonamides is 1. The van der Waals surface area contributed by atoms with E-state index in [4.69, 9.17) is 4.74 Å². The van der Waals surface area contributed by atoms with Gasteiger partial charge in [-0.3, -0.25) is 9.69 Å². The molecule has 0 unspecified atom stereocenters. The molecule has 34 heavy (non-hydrogen) atoms. The topological polar surface area (TPSA) is 119 Å². The number of nitriles is 1. The van der Waals surface area contributed by atoms with Crippen molar-refractivity contribution >= 4 is 27.4 Å². The Morgan fingerprint density at radius 2 is 1.91 bits per heavy atom. The number of hydrogen-bond donors (Lipinski definition) is 1. The van der Waals surface area contributed by atoms with Gasteiger partial charge in [0.2, 0.25) is 15.9 Å². The predicted molar refractivity (Wildman–Crippen MR) is 127 cm³/mol. The Labute approximate surface area is 199 Å². The summed E-state index contributed by atoms with van der Waals surface area (Å²) < 4.78 is 32.4. The first-order valence-electron chi connectivity index (χ1n) is 11.3. The number of nitrogens with zero attached hydrogens (tertiary/aromatic N) is 5. The van der Waals surface area contributed by atoms with Crippen LogP contribution >= 0.6 is 0 Å². The van der Waals surface area contributed by atoms with Crippen molar-refractivity contribution in [3.63, 3.8) is 0 Å². The van der Waals surface area contributed by atoms with Crippen molar-refractivity contribution in [2.75, 3.05) is 69.2 Å². The lowest BCUT2D eigenvalue weighted by molar-refractivity contribution is -0.117. The number of benzene rings is 1. The number of amides is 1. The van der Waals surface area contributed by atoms with Crippen LogP contribution in [0.4, 0.5) is 11.5 Å². The van der Waals surface area contributed by atoms with Gasteiger partial charge < -0.3 is 15.0 Å². The normalized spacial score (nSPS) is 18.1. The molecule has 1 amide bonds. The van der Waals surface area contributed by atoms with E-state index in [2.05, 4.69) is 26.2 Å². The Kier molecular flexibility index (Phi) is 7.74. The third-order valence-electron chi connectivity index (χ3n) is 5.89. The average molecular weight is 485 g/mol. The molecular formula is C23H28N6O4S. The molecule has 3 heterocycles. The lowest BCUT2D eigenvalue weighted by Gasteiger charge is -2.26. The molecule has 0 bridgehead atoms. The van der Waals surface area contributed by atoms with E-state index in [-0.39, 0.29) is 17.3 Å². The molecule has 2 aromatic rings. The minimum atomic E-state index is -3.63. The lowest BCUT2D eigenvalue weighted by Crippen LogP contribution is -2.40. The second-order valence-corrected chi connectivity index (χ2v) is 10.1. The molecular weight excluding hydrogens is 456 g/mol. The highest BCUT2D eigenvalue weighted by Crippen LogP contribution is 2.21. The molecule has 2 aliphatic rings. The van der Waals surface area contributed by atoms with Gasteiger partial charge in [-0.05, 0) is 36.8 Å². The summed E-state index contributed by atoms with van der Waals surface area (Å²) in [6.07, 6.45) is 2.52. The van der Waals surface area contributed by atoms with Gasteiger partial charge in [0.25, 0.3) is 0 Å². The standard InChI is InChI=1S/C23H28N6O4S/c24-17-19-4-2-7-25-23(19)28-9-3-8-27(10-11-28)18-22(30)26-20-5-1-6-21(16-20)34(31,32)29-12-14-33-15-13-29/h1-2,4-7,16H,3,8-15,18H2,(H,26,30). The van der Waals surface area contributed by atoms with Crippen LogP contribution < -0.4 is 10.2 Å². The first kappa shape index (κ1) is 24.1. The molecule has 1 aromatic heterocycles. The number of anilines is 2. The Balaban J connectivity index is 1.35. The maximum atomic E-state index is 12.9. The van der Waals surface area contributed by atoms with Gasteiger partial charge >= 0.3 is 0 Å². The molecule has 0 saturated carbocycles. The molecule has 0 spiro atoms. The Hall–Kier alpha value is -3.04. The monoisotopic (exact) mass is 484 g/mol. The smallest absolute Gasteiger partial charge is 0.243 e. The SMILES string of the molecule is N#Cc1cccnc1N1CCCN(CC(=O)Nc2cccc(S(=O)(=O)N3CCOCC3)c2)CC1. The van der Waals surface area contributed by atoms with E-state index >= 15 is 0 Å². The highest BCUT2D eigenvalue weighted by Gasteiger charge is 2.26. The Bertz CT molecular complexity index is 1160. The number of aromatic nitrogens is 1. The predicted octanol–water partition coefficient (Wildman–Crippen LogP) is 1.12. The van der Waals surface area contributed by atoms with Crippen LogP contribution in [0.25, 0.3) is 0 Å². The second kappa shape index (κ2) is 10.9. The van der Waals surface area contributed by atoms with Gasteiger partial charge in [0.15, 0.2) is 0 Å². The van der Waals surface area contributed by atoms with Crippen LogP contribution in [0.1, 0.15) is 12.0 Å². The zero-order valence-corrected chi connectivity index (χ0v) is 19.7. The van der Waals surface area contributed by atoms with Gasteiger partial charge in [0.05, 0.1) is 30.2 Å². The number of nitrogens with one attached hydrogen (secondary N) is 1. The summed E-state index contributed by atoms with van der Waals surface area (Å²) in [6, 6.07) is 12.0. The van der Waals surface area contributed by atoms with E-state index in [9.17, 15) is 18.5 Å². The fourth-order valence-electron chi connectivity index (χ4n) is 4.15. The van der Waals surface area contributed by atoms with Gasteiger partial charge in [0.1, 0.15) is 11.9 Å². The fraction of sp³-hybridized carbons (Fsp3) is 0.435. The Morgan fingerprint density at radius 1 is 1.09 bits per heavy atom. The third-order valence-corrected chi connectivity index (χ3v) is 7.78. The maximum Gasteiger partial charge on any atom is 0.243 e. The van der Waals surface area contributed by atoms with Crippen LogP contribution in [0.15, 0.2) is 47.5 Å². The van der Waals surface area contributed by atoms with E-state index < -0.39 is 10.0 Å². The Morgan fingerprint density at radius 3 is 2.71 bits per heavy atom. The zero-order chi connectivity index (χ0) is 24.0. The van der Waals surface area contributed by atoms with Crippen LogP contribution in [-0.2, 0) is 19.6 Å². The molecule has 2 aliphatic heterocycles. The van der Waals surface area contributed by atoms with Crippen LogP contribution in [0.3, 0.4) is 0 Å². The molecule has 2 saturated heterocycles. The van der Waals surface area contributed by atoms with Crippen molar-refractivity contribution in [2.24, 2.45) is 0 Å². The van der Waals surface area contributed by atoms with Crippen molar-refractivity contribution in [3.05, 3.63) is 48.2 Å². The van der Waals surface area contributed by atoms with E-state index in [1.807, 2.05) is 0 Å². The number of carbonyl (C=O) groups excluding carboxylic acids is 1. The van der Waals surface area contributed by atoms with Crippen molar-refractivity contribution in [3.8, 4) is 6.07 Å². The van der Waals surface area contributed by atoms with E-state index in [0.717, 1.165) is 19.5 Å². The van der Waals surface area contributed by atoms with Gasteiger partial charge in [0, 0.05) is 51.2 Å². The fourth-order valence-corrected chi connectivity index (χ4v) is 5.61. The molecule has 10 nitrogen and oxygen atoms in total. The van der Waals surface area contributed by atoms with Crippen molar-refractivity contribution in [1.82, 2.24) is 14.2 Å². The van der Waals surface area contributed by atoms with E-state index in [1.165, 1.54) is 16.4 Å². The number of morpholine rings is 1. The number of hydrogen-bond acceptors (Lipinski definition) is 8. The summed E-state index contributed by atoms with van der Waals surface area (Å²) in [5, 5.41) is 12.2. The first-order valence-corrected chi connectivity index (χ1v) is 12.7. The number of pyridine rings is 1. The van der Waals surface area contributed by atoms with E-state index in [0.29, 0.717) is 56.5 Å². The average Bonchev–Trinajstić information content (AvgIpc) is 3.10. The largest absolute Gasteiger partial charge is 0.379 e. The van der Waals surface area contributed by atoms with Crippen molar-refractivity contribution < 1.29 is 17.9 Å². The molecule has 0 aliphatic carbocycles. The molecule has 0 atom stereocenters. The molecule has 11 heteroatoms. The highest BCUT2D eigenvalue weighted by molar-refractivity contribution is 7.89. The summed E-state index contributed by atoms with van der Waals surface area (Å²) in [4.78, 5) is 21.4. The summed E-state index contributed by atoms with van der Waals surface area (Å²) in [7, 11) is -3.63. The quantitative estimate of drug-likeness (QED) is 0.648. The second-order valence-electron chi connectivity index (χ2n) is 8.20. The first-order chi connectivity index (χ1) is 16.5. The van der Waals surface area contributed by atoms with Crippen LogP contribution in [0.5, 0.6) is 0 Å². The van der Waals surface area contributed by atoms with Crippen LogP contribution in [0.2, 0.25) is 0 Å². The number of ether oxygens (including phenoxy) is 1. The lowest BCUT2D eigenvalue weighted by atomic mass is 10.2. The van der Waals surface area contributed by atoms with Gasteiger partial charge in [-0.25, -0.2) is 13.4 Å². The van der Waals surface area contributed by atoms with Gasteiger partial charge in [-0.1, -0.05) is 6.07 Å². The molecule has 0 radical (unpaired) electrons. The van der Waals surface area contributed by atoms with Crippen molar-refractivity contribution in [1.29, 1.82) is 5.26 Å². The molecule has 2 fully saturated rings. The molecule has 180 valence electrons. The number of rotatable bonds is 6. The van der Waals surface area contributed by atoms with Gasteiger partial charge in [-0.15, -0.1) is 0 Å². The summed E-state index contributed by atoms with van der Waals surface area (Å²) in [6.45, 7) is 4.39. The van der Waals surface area contributed by atoms with E-state index in [1.54, 1.807) is 30.5 Å². The third kappa shape index (κ3) is 5.71. The molecule has 4 rings (SSSR count). The maximum absolute atomic E-state index is 12.9. The van der Waals surface area contributed by atoms with Crippen LogP contribution in [-0.4, -0.2) is 87.5 Å². The zero-order valence-electron chi connectivity index (χ0n) is 18.9. The summed E-state index contributed by atoms with van der Waals surface area (Å²) in [5.74, 6) is 0.472. The summed E-state index contributed by atoms with van der Waals surface area (Å²) in [5.41, 5.74) is 0.989. The highest BCUT2D eigenvalue weighted by atomic mass is 32.2. The minimum Gasteiger partial charge on any atom is -0.379 e. The molecule has 1 N–H and O–H groups in total. The van der Waals surface area contributed by atoms with Crippen molar-refractivity contribution in [2.45, 2.75) is 11.3 Å².